The number of nitro groups is 1. The van der Waals surface area contributed by atoms with Crippen molar-refractivity contribution in [3.63, 3.8) is 0 Å². The molecule has 1 aliphatic rings. The summed E-state index contributed by atoms with van der Waals surface area (Å²) in [6, 6.07) is 12.4. The maximum absolute atomic E-state index is 14.0. The van der Waals surface area contributed by atoms with E-state index in [4.69, 9.17) is 21.8 Å². The largest absolute Gasteiger partial charge is 0.444 e. The van der Waals surface area contributed by atoms with E-state index in [0.29, 0.717) is 5.56 Å². The van der Waals surface area contributed by atoms with Gasteiger partial charge in [0.05, 0.1) is 30.0 Å². The van der Waals surface area contributed by atoms with Crippen LogP contribution in [0.3, 0.4) is 0 Å². The number of hydrogen-bond donors (Lipinski definition) is 0. The number of ether oxygens (including phenoxy) is 1. The van der Waals surface area contributed by atoms with Crippen molar-refractivity contribution in [1.82, 2.24) is 14.3 Å². The fourth-order valence-electron chi connectivity index (χ4n) is 4.17. The van der Waals surface area contributed by atoms with Crippen LogP contribution in [0.2, 0.25) is 0 Å². The molecular weight excluding hydrogens is 570 g/mol. The second kappa shape index (κ2) is 13.5. The number of sulfonamides is 1. The molecular formula is C27H35N5O7S2. The molecule has 1 fully saturated rings. The lowest BCUT2D eigenvalue weighted by atomic mass is 9.99. The molecule has 0 spiro atoms. The summed E-state index contributed by atoms with van der Waals surface area (Å²) in [4.78, 5) is 37.3. The number of nitrogens with zero attached hydrogens (tertiary/aromatic N) is 5. The molecule has 1 heterocycles. The first kappa shape index (κ1) is 32.1. The van der Waals surface area contributed by atoms with Crippen molar-refractivity contribution in [2.24, 2.45) is 4.99 Å². The SMILES string of the molecule is CN(C)/C=N/C(=S)[C@@H]1CC[C@@H](N(OCc2ccccc2)S(=O)(=O)c2ccccc2[N+](=O)[O-])CN1C(=O)OC(C)(C)C. The molecule has 1 aliphatic heterocycles. The zero-order chi connectivity index (χ0) is 30.4. The van der Waals surface area contributed by atoms with Crippen LogP contribution in [0.25, 0.3) is 0 Å². The zero-order valence-corrected chi connectivity index (χ0v) is 25.3. The summed E-state index contributed by atoms with van der Waals surface area (Å²) < 4.78 is 34.4. The van der Waals surface area contributed by atoms with Gasteiger partial charge >= 0.3 is 6.09 Å². The Morgan fingerprint density at radius 1 is 1.15 bits per heavy atom. The topological polar surface area (TPSA) is 135 Å². The normalized spacial score (nSPS) is 18.0. The molecule has 222 valence electrons. The molecule has 0 saturated carbocycles. The number of piperidine rings is 1. The van der Waals surface area contributed by atoms with E-state index in [1.807, 2.05) is 6.07 Å². The first-order chi connectivity index (χ1) is 19.2. The van der Waals surface area contributed by atoms with Crippen LogP contribution in [-0.4, -0.2) is 83.4 Å². The van der Waals surface area contributed by atoms with E-state index in [0.717, 1.165) is 16.6 Å². The first-order valence-corrected chi connectivity index (χ1v) is 14.7. The molecule has 14 heteroatoms. The summed E-state index contributed by atoms with van der Waals surface area (Å²) in [5.41, 5.74) is -0.728. The first-order valence-electron chi connectivity index (χ1n) is 12.9. The Morgan fingerprint density at radius 3 is 2.39 bits per heavy atom. The van der Waals surface area contributed by atoms with Crippen molar-refractivity contribution in [2.45, 2.75) is 62.8 Å². The van der Waals surface area contributed by atoms with Crippen LogP contribution in [0.5, 0.6) is 0 Å². The molecule has 3 rings (SSSR count). The fourth-order valence-corrected chi connectivity index (χ4v) is 6.07. The lowest BCUT2D eigenvalue weighted by Gasteiger charge is -2.42. The van der Waals surface area contributed by atoms with Gasteiger partial charge in [0.1, 0.15) is 10.6 Å². The number of amides is 1. The van der Waals surface area contributed by atoms with Crippen molar-refractivity contribution in [2.75, 3.05) is 20.6 Å². The van der Waals surface area contributed by atoms with E-state index in [2.05, 4.69) is 4.99 Å². The quantitative estimate of drug-likeness (QED) is 0.134. The van der Waals surface area contributed by atoms with Gasteiger partial charge in [0.15, 0.2) is 4.90 Å². The fraction of sp³-hybridized carbons (Fsp3) is 0.444. The number of carbonyl (C=O) groups is 1. The minimum absolute atomic E-state index is 0.126. The van der Waals surface area contributed by atoms with E-state index in [9.17, 15) is 23.3 Å². The van der Waals surface area contributed by atoms with Crippen LogP contribution in [-0.2, 0) is 26.2 Å². The summed E-state index contributed by atoms with van der Waals surface area (Å²) in [6.07, 6.45) is 1.32. The molecule has 0 unspecified atom stereocenters. The molecule has 0 bridgehead atoms. The predicted octanol–water partition coefficient (Wildman–Crippen LogP) is 4.40. The lowest BCUT2D eigenvalue weighted by molar-refractivity contribution is -0.388. The molecule has 12 nitrogen and oxygen atoms in total. The van der Waals surface area contributed by atoms with E-state index in [1.54, 1.807) is 64.0 Å². The highest BCUT2D eigenvalue weighted by Gasteiger charge is 2.44. The van der Waals surface area contributed by atoms with Crippen LogP contribution in [0, 0.1) is 10.1 Å². The molecule has 2 aromatic rings. The minimum Gasteiger partial charge on any atom is -0.444 e. The third-order valence-corrected chi connectivity index (χ3v) is 8.12. The van der Waals surface area contributed by atoms with E-state index in [1.165, 1.54) is 23.4 Å². The predicted molar refractivity (Wildman–Crippen MR) is 158 cm³/mol. The van der Waals surface area contributed by atoms with Crippen molar-refractivity contribution in [3.8, 4) is 0 Å². The number of benzene rings is 2. The van der Waals surface area contributed by atoms with Gasteiger partial charge in [-0.05, 0) is 45.2 Å². The lowest BCUT2D eigenvalue weighted by Crippen LogP contribution is -2.57. The van der Waals surface area contributed by atoms with Gasteiger partial charge in [0.25, 0.3) is 15.7 Å². The number of aliphatic imine (C=N–C) groups is 1. The van der Waals surface area contributed by atoms with Crippen molar-refractivity contribution >= 4 is 45.3 Å². The van der Waals surface area contributed by atoms with Gasteiger partial charge in [-0.1, -0.05) is 59.2 Å². The highest BCUT2D eigenvalue weighted by molar-refractivity contribution is 7.89. The molecule has 2 aromatic carbocycles. The molecule has 2 atom stereocenters. The molecule has 41 heavy (non-hydrogen) atoms. The number of carbonyl (C=O) groups excluding carboxylic acids is 1. The van der Waals surface area contributed by atoms with Gasteiger partial charge in [-0.3, -0.25) is 19.9 Å². The average molecular weight is 606 g/mol. The molecule has 0 N–H and O–H groups in total. The van der Waals surface area contributed by atoms with Crippen LogP contribution in [0.1, 0.15) is 39.2 Å². The molecule has 1 saturated heterocycles. The zero-order valence-electron chi connectivity index (χ0n) is 23.7. The summed E-state index contributed by atoms with van der Waals surface area (Å²) >= 11 is 5.53. The second-order valence-electron chi connectivity index (χ2n) is 10.7. The highest BCUT2D eigenvalue weighted by atomic mass is 32.2. The van der Waals surface area contributed by atoms with Crippen LogP contribution in [0.15, 0.2) is 64.5 Å². The number of para-hydroxylation sites is 1. The van der Waals surface area contributed by atoms with Gasteiger partial charge in [-0.2, -0.15) is 0 Å². The Kier molecular flexibility index (Phi) is 10.5. The highest BCUT2D eigenvalue weighted by Crippen LogP contribution is 2.32. The standard InChI is InChI=1S/C27H35N5O7S2/c1-27(2,3)39-26(33)30-17-21(15-16-23(30)25(40)28-19-29(4)5)32(38-18-20-11-7-6-8-12-20)41(36,37)24-14-10-9-13-22(24)31(34)35/h6-14,19,21,23H,15-18H2,1-5H3/b28-19+/t21-,23+/m1/s1. The monoisotopic (exact) mass is 605 g/mol. The van der Waals surface area contributed by atoms with Gasteiger partial charge in [-0.15, -0.1) is 0 Å². The number of thiocarbonyl (C=S) groups is 1. The summed E-state index contributed by atoms with van der Waals surface area (Å²) in [5.74, 6) is 0. The van der Waals surface area contributed by atoms with Gasteiger partial charge in [0.2, 0.25) is 0 Å². The molecule has 0 aliphatic carbocycles. The Morgan fingerprint density at radius 2 is 1.78 bits per heavy atom. The number of nitro benzene ring substituents is 1. The van der Waals surface area contributed by atoms with E-state index < -0.39 is 49.3 Å². The summed E-state index contributed by atoms with van der Waals surface area (Å²) in [6.45, 7) is 4.89. The van der Waals surface area contributed by atoms with Crippen molar-refractivity contribution in [3.05, 3.63) is 70.3 Å². The minimum atomic E-state index is -4.57. The average Bonchev–Trinajstić information content (AvgIpc) is 2.91. The Labute approximate surface area is 245 Å². The Hall–Kier alpha value is -3.46. The maximum atomic E-state index is 14.0. The third-order valence-electron chi connectivity index (χ3n) is 5.96. The van der Waals surface area contributed by atoms with Crippen molar-refractivity contribution in [1.29, 1.82) is 0 Å². The number of likely N-dealkylation sites (tertiary alicyclic amines) is 1. The second-order valence-corrected chi connectivity index (χ2v) is 12.8. The molecule has 0 radical (unpaired) electrons. The summed E-state index contributed by atoms with van der Waals surface area (Å²) in [7, 11) is -1.00. The van der Waals surface area contributed by atoms with Crippen LogP contribution in [0.4, 0.5) is 10.5 Å². The number of hydroxylamine groups is 1. The van der Waals surface area contributed by atoms with Gasteiger partial charge in [-0.25, -0.2) is 18.2 Å². The Balaban J connectivity index is 2.03. The van der Waals surface area contributed by atoms with E-state index >= 15 is 0 Å². The Bertz CT molecular complexity index is 1380. The van der Waals surface area contributed by atoms with Gasteiger partial charge in [0, 0.05) is 26.7 Å². The number of rotatable bonds is 9. The summed E-state index contributed by atoms with van der Waals surface area (Å²) in [5, 5.41) is 11.7. The van der Waals surface area contributed by atoms with Crippen LogP contribution >= 0.6 is 12.2 Å². The maximum Gasteiger partial charge on any atom is 0.410 e. The van der Waals surface area contributed by atoms with E-state index in [-0.39, 0.29) is 31.0 Å². The number of hydrogen-bond acceptors (Lipinski definition) is 8. The smallest absolute Gasteiger partial charge is 0.410 e. The molecule has 0 aromatic heterocycles. The van der Waals surface area contributed by atoms with Crippen LogP contribution < -0.4 is 0 Å². The van der Waals surface area contributed by atoms with Crippen molar-refractivity contribution < 1.29 is 27.7 Å². The molecule has 1 amide bonds. The van der Waals surface area contributed by atoms with Gasteiger partial charge < -0.3 is 9.64 Å². The third kappa shape index (κ3) is 8.52.